The average Bonchev–Trinajstić information content (AvgIpc) is 2.41. The third-order valence-electron chi connectivity index (χ3n) is 1.80. The van der Waals surface area contributed by atoms with E-state index in [1.54, 1.807) is 6.20 Å². The molecule has 19 heavy (non-hydrogen) atoms. The van der Waals surface area contributed by atoms with Gasteiger partial charge >= 0.3 is 0 Å². The Morgan fingerprint density at radius 3 is 2.26 bits per heavy atom. The lowest BCUT2D eigenvalue weighted by Gasteiger charge is -2.06. The molecule has 4 heteroatoms. The Labute approximate surface area is 123 Å². The van der Waals surface area contributed by atoms with E-state index in [9.17, 15) is 0 Å². The van der Waals surface area contributed by atoms with Gasteiger partial charge in [0.1, 0.15) is 0 Å². The van der Waals surface area contributed by atoms with Crippen molar-refractivity contribution >= 4 is 11.6 Å². The second-order valence-electron chi connectivity index (χ2n) is 4.19. The number of aliphatic hydroxyl groups excluding tert-OH is 1. The lowest BCUT2D eigenvalue weighted by atomic mass is 10.4. The molecule has 1 unspecified atom stereocenters. The maximum Gasteiger partial charge on any atom is 0.0799 e. The molecule has 112 valence electrons. The topological polar surface area (TPSA) is 45.1 Å². The summed E-state index contributed by atoms with van der Waals surface area (Å²) < 4.78 is 0. The number of pyridine rings is 1. The predicted molar refractivity (Wildman–Crippen MR) is 84.8 cm³/mol. The van der Waals surface area contributed by atoms with Gasteiger partial charge in [0.25, 0.3) is 0 Å². The molecule has 1 aromatic heterocycles. The molecular formula is C15H29ClN2O. The number of aryl methyl sites for hydroxylation is 1. The van der Waals surface area contributed by atoms with Crippen molar-refractivity contribution in [2.24, 2.45) is 0 Å². The third-order valence-corrected chi connectivity index (χ3v) is 2.15. The van der Waals surface area contributed by atoms with Gasteiger partial charge in [0.05, 0.1) is 6.10 Å². The molecule has 0 bridgehead atoms. The number of aliphatic hydroxyl groups is 1. The van der Waals surface area contributed by atoms with Crippen molar-refractivity contribution < 1.29 is 5.11 Å². The Morgan fingerprint density at radius 1 is 1.32 bits per heavy atom. The van der Waals surface area contributed by atoms with Gasteiger partial charge in [-0.3, -0.25) is 4.98 Å². The summed E-state index contributed by atoms with van der Waals surface area (Å²) in [6.07, 6.45) is 3.74. The van der Waals surface area contributed by atoms with Gasteiger partial charge in [0.2, 0.25) is 0 Å². The Morgan fingerprint density at radius 2 is 1.95 bits per heavy atom. The quantitative estimate of drug-likeness (QED) is 0.645. The fourth-order valence-corrected chi connectivity index (χ4v) is 1.06. The maximum atomic E-state index is 8.89. The molecule has 0 aliphatic heterocycles. The number of nitrogens with one attached hydrogen (secondary N) is 1. The van der Waals surface area contributed by atoms with Gasteiger partial charge < -0.3 is 10.4 Å². The van der Waals surface area contributed by atoms with E-state index in [0.29, 0.717) is 12.4 Å². The zero-order valence-electron chi connectivity index (χ0n) is 12.7. The molecule has 0 saturated heterocycles. The summed E-state index contributed by atoms with van der Waals surface area (Å²) in [6, 6.07) is 5.86. The van der Waals surface area contributed by atoms with Crippen molar-refractivity contribution in [3.63, 3.8) is 0 Å². The Kier molecular flexibility index (Phi) is 18.9. The molecule has 2 N–H and O–H groups in total. The number of halogens is 1. The van der Waals surface area contributed by atoms with E-state index in [1.165, 1.54) is 6.42 Å². The van der Waals surface area contributed by atoms with E-state index in [2.05, 4.69) is 31.1 Å². The van der Waals surface area contributed by atoms with Crippen LogP contribution in [0.4, 0.5) is 0 Å². The smallest absolute Gasteiger partial charge is 0.0799 e. The highest BCUT2D eigenvalue weighted by atomic mass is 35.5. The first-order valence-corrected chi connectivity index (χ1v) is 7.48. The summed E-state index contributed by atoms with van der Waals surface area (Å²) in [7, 11) is 0. The predicted octanol–water partition coefficient (Wildman–Crippen LogP) is 3.39. The molecule has 1 rings (SSSR count). The molecule has 0 fully saturated rings. The summed E-state index contributed by atoms with van der Waals surface area (Å²) in [5.41, 5.74) is 1.07. The Hall–Kier alpha value is -0.640. The first-order chi connectivity index (χ1) is 9.12. The van der Waals surface area contributed by atoms with Crippen molar-refractivity contribution in [1.29, 1.82) is 0 Å². The summed E-state index contributed by atoms with van der Waals surface area (Å²) in [4.78, 5) is 3.98. The van der Waals surface area contributed by atoms with Gasteiger partial charge in [0, 0.05) is 24.3 Å². The van der Waals surface area contributed by atoms with Gasteiger partial charge in [-0.15, -0.1) is 11.6 Å². The molecule has 0 saturated carbocycles. The maximum absolute atomic E-state index is 8.89. The average molecular weight is 289 g/mol. The number of rotatable bonds is 5. The second-order valence-corrected chi connectivity index (χ2v) is 4.50. The first-order valence-electron chi connectivity index (χ1n) is 6.94. The van der Waals surface area contributed by atoms with E-state index < -0.39 is 6.10 Å². The van der Waals surface area contributed by atoms with E-state index in [1.807, 2.05) is 25.1 Å². The van der Waals surface area contributed by atoms with Crippen LogP contribution in [0, 0.1) is 6.92 Å². The SMILES string of the molecule is CCC.CCCNCC(O)CCl.Cc1ccccn1. The molecule has 3 nitrogen and oxygen atoms in total. The molecule has 1 heterocycles. The van der Waals surface area contributed by atoms with E-state index in [4.69, 9.17) is 16.7 Å². The van der Waals surface area contributed by atoms with Crippen molar-refractivity contribution in [1.82, 2.24) is 10.3 Å². The van der Waals surface area contributed by atoms with Gasteiger partial charge in [-0.1, -0.05) is 33.3 Å². The number of alkyl halides is 1. The summed E-state index contributed by atoms with van der Waals surface area (Å²) in [6.45, 7) is 9.87. The van der Waals surface area contributed by atoms with Gasteiger partial charge in [-0.05, 0) is 32.0 Å². The third kappa shape index (κ3) is 19.9. The van der Waals surface area contributed by atoms with Gasteiger partial charge in [0.15, 0.2) is 0 Å². The Balaban J connectivity index is 0. The minimum Gasteiger partial charge on any atom is -0.391 e. The van der Waals surface area contributed by atoms with Gasteiger partial charge in [-0.2, -0.15) is 0 Å². The van der Waals surface area contributed by atoms with Crippen LogP contribution in [0.3, 0.4) is 0 Å². The lowest BCUT2D eigenvalue weighted by molar-refractivity contribution is 0.195. The highest BCUT2D eigenvalue weighted by Gasteiger charge is 1.97. The molecule has 0 radical (unpaired) electrons. The zero-order valence-corrected chi connectivity index (χ0v) is 13.5. The van der Waals surface area contributed by atoms with Gasteiger partial charge in [-0.25, -0.2) is 0 Å². The first kappa shape index (κ1) is 20.7. The van der Waals surface area contributed by atoms with E-state index in [-0.39, 0.29) is 0 Å². The minimum absolute atomic E-state index is 0.316. The highest BCUT2D eigenvalue weighted by Crippen LogP contribution is 1.86. The monoisotopic (exact) mass is 288 g/mol. The molecule has 0 amide bonds. The Bertz CT molecular complexity index is 258. The number of aromatic nitrogens is 1. The van der Waals surface area contributed by atoms with Crippen LogP contribution in [0.2, 0.25) is 0 Å². The van der Waals surface area contributed by atoms with Crippen molar-refractivity contribution in [3.8, 4) is 0 Å². The largest absolute Gasteiger partial charge is 0.391 e. The van der Waals surface area contributed by atoms with Crippen LogP contribution in [-0.2, 0) is 0 Å². The van der Waals surface area contributed by atoms with Crippen LogP contribution in [0.25, 0.3) is 0 Å². The fraction of sp³-hybridized carbons (Fsp3) is 0.667. The molecule has 0 aliphatic carbocycles. The second kappa shape index (κ2) is 17.4. The van der Waals surface area contributed by atoms with Crippen LogP contribution in [-0.4, -0.2) is 35.2 Å². The number of nitrogens with zero attached hydrogens (tertiary/aromatic N) is 1. The molecule has 0 aromatic carbocycles. The van der Waals surface area contributed by atoms with Crippen molar-refractivity contribution in [3.05, 3.63) is 30.1 Å². The molecule has 1 aromatic rings. The van der Waals surface area contributed by atoms with E-state index in [0.717, 1.165) is 18.7 Å². The van der Waals surface area contributed by atoms with Crippen LogP contribution in [0.1, 0.15) is 39.3 Å². The standard InChI is InChI=1S/C6H14ClNO.C6H7N.C3H8/c1-2-3-8-5-6(9)4-7;1-6-4-2-3-5-7-6;1-3-2/h6,8-9H,2-5H2,1H3;2-5H,1H3;3H2,1-2H3. The summed E-state index contributed by atoms with van der Waals surface area (Å²) in [5, 5.41) is 11.9. The molecular weight excluding hydrogens is 260 g/mol. The lowest BCUT2D eigenvalue weighted by Crippen LogP contribution is -2.28. The van der Waals surface area contributed by atoms with Crippen LogP contribution in [0.15, 0.2) is 24.4 Å². The fourth-order valence-electron chi connectivity index (χ4n) is 0.948. The molecule has 0 aliphatic rings. The molecule has 1 atom stereocenters. The van der Waals surface area contributed by atoms with E-state index >= 15 is 0 Å². The summed E-state index contributed by atoms with van der Waals surface area (Å²) in [5.74, 6) is 0.316. The minimum atomic E-state index is -0.391. The van der Waals surface area contributed by atoms with Crippen molar-refractivity contribution in [2.75, 3.05) is 19.0 Å². The van der Waals surface area contributed by atoms with Crippen LogP contribution >= 0.6 is 11.6 Å². The van der Waals surface area contributed by atoms with Crippen molar-refractivity contribution in [2.45, 2.75) is 46.6 Å². The number of hydrogen-bond donors (Lipinski definition) is 2. The highest BCUT2D eigenvalue weighted by molar-refractivity contribution is 6.18. The zero-order chi connectivity index (χ0) is 14.9. The molecule has 0 spiro atoms. The normalized spacial score (nSPS) is 10.6. The summed E-state index contributed by atoms with van der Waals surface area (Å²) >= 11 is 5.34. The van der Waals surface area contributed by atoms with Crippen LogP contribution in [0.5, 0.6) is 0 Å². The number of hydrogen-bond acceptors (Lipinski definition) is 3. The van der Waals surface area contributed by atoms with Crippen LogP contribution < -0.4 is 5.32 Å².